The van der Waals surface area contributed by atoms with Gasteiger partial charge in [-0.05, 0) is 48.9 Å². The van der Waals surface area contributed by atoms with Crippen molar-refractivity contribution in [2.45, 2.75) is 46.0 Å². The molecule has 0 radical (unpaired) electrons. The smallest absolute Gasteiger partial charge is 0.254 e. The first-order valence-corrected chi connectivity index (χ1v) is 12.4. The molecule has 180 valence electrons. The molecule has 7 nitrogen and oxygen atoms in total. The van der Waals surface area contributed by atoms with Gasteiger partial charge in [0.15, 0.2) is 0 Å². The number of carbonyl (C=O) groups excluding carboxylic acids is 1. The number of fused-ring (bicyclic) bond motifs is 1. The van der Waals surface area contributed by atoms with E-state index in [1.54, 1.807) is 6.33 Å². The minimum Gasteiger partial charge on any atom is -0.356 e. The molecule has 1 amide bonds. The van der Waals surface area contributed by atoms with Crippen molar-refractivity contribution >= 4 is 23.2 Å². The predicted molar refractivity (Wildman–Crippen MR) is 139 cm³/mol. The molecule has 2 aromatic carbocycles. The molecule has 1 fully saturated rings. The lowest BCUT2D eigenvalue weighted by Gasteiger charge is -2.34. The van der Waals surface area contributed by atoms with Crippen molar-refractivity contribution in [3.05, 3.63) is 83.3 Å². The summed E-state index contributed by atoms with van der Waals surface area (Å²) in [4.78, 5) is 24.4. The Morgan fingerprint density at radius 1 is 1.06 bits per heavy atom. The molecule has 0 unspecified atom stereocenters. The molecule has 1 aliphatic rings. The number of amides is 1. The quantitative estimate of drug-likeness (QED) is 0.431. The Morgan fingerprint density at radius 3 is 2.46 bits per heavy atom. The van der Waals surface area contributed by atoms with Gasteiger partial charge >= 0.3 is 0 Å². The summed E-state index contributed by atoms with van der Waals surface area (Å²) in [6.07, 6.45) is 3.91. The van der Waals surface area contributed by atoms with Crippen LogP contribution in [0.1, 0.15) is 55.0 Å². The molecule has 1 aliphatic heterocycles. The molecule has 0 aliphatic carbocycles. The average Bonchev–Trinajstić information content (AvgIpc) is 3.33. The van der Waals surface area contributed by atoms with Crippen LogP contribution in [-0.4, -0.2) is 38.6 Å². The Balaban J connectivity index is 1.33. The highest BCUT2D eigenvalue weighted by atomic mass is 16.1. The molecule has 4 aromatic rings. The van der Waals surface area contributed by atoms with Gasteiger partial charge in [0.25, 0.3) is 5.78 Å². The van der Waals surface area contributed by atoms with Crippen molar-refractivity contribution in [2.75, 3.05) is 23.3 Å². The summed E-state index contributed by atoms with van der Waals surface area (Å²) in [6.45, 7) is 7.95. The normalized spacial score (nSPS) is 14.6. The molecule has 2 aromatic heterocycles. The summed E-state index contributed by atoms with van der Waals surface area (Å²) < 4.78 is 1.85. The maximum absolute atomic E-state index is 13.0. The van der Waals surface area contributed by atoms with Crippen LogP contribution >= 0.6 is 0 Å². The number of benzene rings is 2. The van der Waals surface area contributed by atoms with Crippen molar-refractivity contribution in [2.24, 2.45) is 5.92 Å². The van der Waals surface area contributed by atoms with E-state index in [0.717, 1.165) is 55.1 Å². The number of nitrogens with zero attached hydrogens (tertiary/aromatic N) is 5. The zero-order chi connectivity index (χ0) is 24.4. The largest absolute Gasteiger partial charge is 0.356 e. The van der Waals surface area contributed by atoms with E-state index >= 15 is 0 Å². The lowest BCUT2D eigenvalue weighted by Crippen LogP contribution is -2.39. The molecule has 1 saturated heterocycles. The van der Waals surface area contributed by atoms with Gasteiger partial charge in [0, 0.05) is 42.4 Å². The van der Waals surface area contributed by atoms with Crippen LogP contribution in [0, 0.1) is 12.8 Å². The molecule has 35 heavy (non-hydrogen) atoms. The van der Waals surface area contributed by atoms with Gasteiger partial charge in [0.1, 0.15) is 12.1 Å². The molecule has 0 spiro atoms. The molecule has 0 atom stereocenters. The Kier molecular flexibility index (Phi) is 6.49. The van der Waals surface area contributed by atoms with Crippen LogP contribution in [0.15, 0.2) is 60.9 Å². The van der Waals surface area contributed by atoms with Crippen LogP contribution < -0.4 is 10.2 Å². The van der Waals surface area contributed by atoms with Crippen LogP contribution in [0.25, 0.3) is 5.78 Å². The van der Waals surface area contributed by atoms with Crippen molar-refractivity contribution in [1.82, 2.24) is 19.6 Å². The lowest BCUT2D eigenvalue weighted by atomic mass is 9.94. The molecule has 3 heterocycles. The SMILES string of the molecule is Cc1nc2ncnn2c(N2CCC(C(=O)Nc3ccc(C(C)C)cc3)CC2)c1Cc1ccccc1. The Morgan fingerprint density at radius 2 is 1.77 bits per heavy atom. The Labute approximate surface area is 206 Å². The van der Waals surface area contributed by atoms with Gasteiger partial charge in [-0.15, -0.1) is 0 Å². The fourth-order valence-corrected chi connectivity index (χ4v) is 4.85. The molecule has 5 rings (SSSR count). The van der Waals surface area contributed by atoms with Gasteiger partial charge < -0.3 is 10.2 Å². The number of carbonyl (C=O) groups is 1. The summed E-state index contributed by atoms with van der Waals surface area (Å²) in [5.74, 6) is 2.21. The first kappa shape index (κ1) is 23.0. The maximum Gasteiger partial charge on any atom is 0.254 e. The Hall–Kier alpha value is -3.74. The van der Waals surface area contributed by atoms with Crippen molar-refractivity contribution in [3.8, 4) is 0 Å². The second kappa shape index (κ2) is 9.86. The van der Waals surface area contributed by atoms with Crippen molar-refractivity contribution in [1.29, 1.82) is 0 Å². The number of hydrogen-bond donors (Lipinski definition) is 1. The fourth-order valence-electron chi connectivity index (χ4n) is 4.85. The molecule has 0 bridgehead atoms. The number of hydrogen-bond acceptors (Lipinski definition) is 5. The van der Waals surface area contributed by atoms with Gasteiger partial charge in [-0.25, -0.2) is 4.98 Å². The van der Waals surface area contributed by atoms with E-state index in [-0.39, 0.29) is 11.8 Å². The highest BCUT2D eigenvalue weighted by Gasteiger charge is 2.28. The second-order valence-corrected chi connectivity index (χ2v) is 9.66. The van der Waals surface area contributed by atoms with E-state index in [2.05, 4.69) is 70.5 Å². The van der Waals surface area contributed by atoms with Crippen LogP contribution in [0.5, 0.6) is 0 Å². The van der Waals surface area contributed by atoms with Crippen molar-refractivity contribution < 1.29 is 4.79 Å². The minimum absolute atomic E-state index is 0.0113. The topological polar surface area (TPSA) is 75.4 Å². The van der Waals surface area contributed by atoms with Gasteiger partial charge in [0.05, 0.1) is 0 Å². The van der Waals surface area contributed by atoms with Crippen molar-refractivity contribution in [3.63, 3.8) is 0 Å². The summed E-state index contributed by atoms with van der Waals surface area (Å²) in [7, 11) is 0. The highest BCUT2D eigenvalue weighted by Crippen LogP contribution is 2.30. The zero-order valence-electron chi connectivity index (χ0n) is 20.6. The summed E-state index contributed by atoms with van der Waals surface area (Å²) in [5.41, 5.74) is 5.49. The van der Waals surface area contributed by atoms with E-state index in [4.69, 9.17) is 4.98 Å². The summed E-state index contributed by atoms with van der Waals surface area (Å²) in [6, 6.07) is 18.6. The number of aromatic nitrogens is 4. The first-order chi connectivity index (χ1) is 17.0. The first-order valence-electron chi connectivity index (χ1n) is 12.4. The van der Waals surface area contributed by atoms with Crippen LogP contribution in [-0.2, 0) is 11.2 Å². The van der Waals surface area contributed by atoms with Gasteiger partial charge in [-0.1, -0.05) is 56.3 Å². The second-order valence-electron chi connectivity index (χ2n) is 9.66. The average molecular weight is 469 g/mol. The van der Waals surface area contributed by atoms with E-state index < -0.39 is 0 Å². The summed E-state index contributed by atoms with van der Waals surface area (Å²) >= 11 is 0. The lowest BCUT2D eigenvalue weighted by molar-refractivity contribution is -0.120. The van der Waals surface area contributed by atoms with Gasteiger partial charge in [0.2, 0.25) is 5.91 Å². The molecular formula is C28H32N6O. The third kappa shape index (κ3) is 4.90. The number of rotatable bonds is 6. The number of anilines is 2. The van der Waals surface area contributed by atoms with E-state index in [0.29, 0.717) is 11.7 Å². The molecular weight excluding hydrogens is 436 g/mol. The molecule has 7 heteroatoms. The number of nitrogens with one attached hydrogen (secondary N) is 1. The third-order valence-electron chi connectivity index (χ3n) is 6.94. The zero-order valence-corrected chi connectivity index (χ0v) is 20.6. The summed E-state index contributed by atoms with van der Waals surface area (Å²) in [5, 5.41) is 7.60. The number of piperidine rings is 1. The highest BCUT2D eigenvalue weighted by molar-refractivity contribution is 5.92. The molecule has 1 N–H and O–H groups in total. The fraction of sp³-hybridized carbons (Fsp3) is 0.357. The third-order valence-corrected chi connectivity index (χ3v) is 6.94. The Bertz CT molecular complexity index is 1300. The standard InChI is InChI=1S/C28H32N6O/c1-19(2)22-9-11-24(12-10-22)32-26(35)23-13-15-33(16-14-23)27-25(17-21-7-5-4-6-8-21)20(3)31-28-29-18-30-34(27)28/h4-12,18-19,23H,13-17H2,1-3H3,(H,32,35). The minimum atomic E-state index is -0.0113. The van der Waals surface area contributed by atoms with Crippen LogP contribution in [0.3, 0.4) is 0 Å². The maximum atomic E-state index is 13.0. The monoisotopic (exact) mass is 468 g/mol. The van der Waals surface area contributed by atoms with Gasteiger partial charge in [-0.2, -0.15) is 14.6 Å². The van der Waals surface area contributed by atoms with Crippen LogP contribution in [0.4, 0.5) is 11.5 Å². The number of aryl methyl sites for hydroxylation is 1. The predicted octanol–water partition coefficient (Wildman–Crippen LogP) is 5.00. The van der Waals surface area contributed by atoms with E-state index in [1.165, 1.54) is 11.1 Å². The van der Waals surface area contributed by atoms with E-state index in [1.807, 2.05) is 29.6 Å². The van der Waals surface area contributed by atoms with E-state index in [9.17, 15) is 4.79 Å². The molecule has 0 saturated carbocycles. The van der Waals surface area contributed by atoms with Gasteiger partial charge in [-0.3, -0.25) is 4.79 Å². The van der Waals surface area contributed by atoms with Crippen LogP contribution in [0.2, 0.25) is 0 Å².